The first kappa shape index (κ1) is 33.6. The maximum atomic E-state index is 9.55. The molecule has 1 aliphatic heterocycles. The van der Waals surface area contributed by atoms with Crippen LogP contribution in [0.25, 0.3) is 0 Å². The highest BCUT2D eigenvalue weighted by Crippen LogP contribution is 2.26. The number of hydrogen-bond donors (Lipinski definition) is 6. The minimum atomic E-state index is -1.26. The van der Waals surface area contributed by atoms with Crippen LogP contribution in [0.2, 0.25) is 10.0 Å². The summed E-state index contributed by atoms with van der Waals surface area (Å²) in [7, 11) is 2.12. The van der Waals surface area contributed by atoms with Gasteiger partial charge in [-0.3, -0.25) is 0 Å². The number of carboxylic acids is 4. The molecule has 2 heterocycles. The Balaban J connectivity index is 0.000000412. The summed E-state index contributed by atoms with van der Waals surface area (Å²) in [4.78, 5) is 51.3. The van der Waals surface area contributed by atoms with Crippen molar-refractivity contribution in [3.63, 3.8) is 0 Å². The van der Waals surface area contributed by atoms with Gasteiger partial charge in [0.25, 0.3) is 0 Å². The summed E-state index contributed by atoms with van der Waals surface area (Å²) in [6.45, 7) is 4.31. The van der Waals surface area contributed by atoms with Gasteiger partial charge >= 0.3 is 23.9 Å². The van der Waals surface area contributed by atoms with Crippen molar-refractivity contribution < 1.29 is 39.6 Å². The zero-order chi connectivity index (χ0) is 30.2. The van der Waals surface area contributed by atoms with Gasteiger partial charge in [-0.15, -0.1) is 0 Å². The lowest BCUT2D eigenvalue weighted by Gasteiger charge is -2.33. The van der Waals surface area contributed by atoms with E-state index in [4.69, 9.17) is 49.4 Å². The number of likely N-dealkylation sites (N-methyl/N-ethyl adjacent to an activating group) is 1. The molecule has 16 heteroatoms. The number of carboxylic acid groups (broad SMARTS) is 4. The summed E-state index contributed by atoms with van der Waals surface area (Å²) in [6, 6.07) is 7.36. The summed E-state index contributed by atoms with van der Waals surface area (Å²) < 4.78 is 0. The van der Waals surface area contributed by atoms with Crippen molar-refractivity contribution in [3.8, 4) is 0 Å². The van der Waals surface area contributed by atoms with Crippen LogP contribution in [0.1, 0.15) is 5.56 Å². The first-order chi connectivity index (χ1) is 18.8. The van der Waals surface area contributed by atoms with Gasteiger partial charge in [0.05, 0.1) is 0 Å². The predicted molar refractivity (Wildman–Crippen MR) is 149 cm³/mol. The normalized spacial score (nSPS) is 13.1. The van der Waals surface area contributed by atoms with Gasteiger partial charge in [0.1, 0.15) is 11.6 Å². The van der Waals surface area contributed by atoms with Gasteiger partial charge in [-0.2, -0.15) is 9.97 Å². The molecule has 0 unspecified atom stereocenters. The van der Waals surface area contributed by atoms with Gasteiger partial charge < -0.3 is 41.3 Å². The van der Waals surface area contributed by atoms with Crippen molar-refractivity contribution in [1.82, 2.24) is 14.9 Å². The molecular weight excluding hydrogens is 571 g/mol. The Morgan fingerprint density at radius 1 is 0.875 bits per heavy atom. The zero-order valence-corrected chi connectivity index (χ0v) is 22.7. The standard InChI is InChI=1S/C16H20Cl2N6.2C4H4O4/c1-23-5-7-24(8-6-23)15-9-14(21-16(19)22-15)20-10-11-12(17)3-2-4-13(11)18;2*5-3(6)1-2-4(7)8/h2-4,9H,5-8,10H2,1H3,(H3,19,20,21,22);2*1-2H,(H,5,6)(H,7,8)/b;2*2-1+. The first-order valence-electron chi connectivity index (χ1n) is 11.3. The Hall–Kier alpha value is -4.40. The number of nitrogens with zero attached hydrogens (tertiary/aromatic N) is 4. The van der Waals surface area contributed by atoms with Gasteiger partial charge in [-0.25, -0.2) is 19.2 Å². The molecule has 1 aromatic carbocycles. The molecule has 0 saturated carbocycles. The smallest absolute Gasteiger partial charge is 0.328 e. The Morgan fingerprint density at radius 3 is 1.75 bits per heavy atom. The molecule has 0 bridgehead atoms. The third-order valence-electron chi connectivity index (χ3n) is 4.80. The Bertz CT molecular complexity index is 1160. The molecular formula is C24H28Cl2N6O8. The third kappa shape index (κ3) is 13.9. The Morgan fingerprint density at radius 2 is 1.32 bits per heavy atom. The van der Waals surface area contributed by atoms with Crippen LogP contribution < -0.4 is 16.0 Å². The Labute approximate surface area is 239 Å². The van der Waals surface area contributed by atoms with Crippen LogP contribution in [0, 0.1) is 0 Å². The molecule has 0 amide bonds. The highest BCUT2D eigenvalue weighted by atomic mass is 35.5. The van der Waals surface area contributed by atoms with E-state index in [9.17, 15) is 19.2 Å². The lowest BCUT2D eigenvalue weighted by molar-refractivity contribution is -0.134. The molecule has 14 nitrogen and oxygen atoms in total. The van der Waals surface area contributed by atoms with Crippen LogP contribution in [0.3, 0.4) is 0 Å². The van der Waals surface area contributed by atoms with Crippen LogP contribution in [0.4, 0.5) is 17.6 Å². The minimum absolute atomic E-state index is 0.249. The zero-order valence-electron chi connectivity index (χ0n) is 21.2. The van der Waals surface area contributed by atoms with Crippen molar-refractivity contribution in [1.29, 1.82) is 0 Å². The maximum absolute atomic E-state index is 9.55. The second-order valence-corrected chi connectivity index (χ2v) is 8.65. The third-order valence-corrected chi connectivity index (χ3v) is 5.51. The number of anilines is 3. The van der Waals surface area contributed by atoms with Gasteiger partial charge in [-0.1, -0.05) is 29.3 Å². The summed E-state index contributed by atoms with van der Waals surface area (Å²) >= 11 is 12.4. The molecule has 0 radical (unpaired) electrons. The van der Waals surface area contributed by atoms with Gasteiger partial charge in [0, 0.05) is 78.7 Å². The largest absolute Gasteiger partial charge is 0.478 e. The van der Waals surface area contributed by atoms with E-state index in [0.717, 1.165) is 37.6 Å². The lowest BCUT2D eigenvalue weighted by Crippen LogP contribution is -2.44. The number of piperazine rings is 1. The molecule has 0 atom stereocenters. The fraction of sp³-hybridized carbons (Fsp3) is 0.250. The average molecular weight is 599 g/mol. The quantitative estimate of drug-likeness (QED) is 0.240. The number of benzene rings is 1. The van der Waals surface area contributed by atoms with E-state index in [1.807, 2.05) is 24.3 Å². The molecule has 2 aromatic rings. The molecule has 7 N–H and O–H groups in total. The SMILES string of the molecule is CN1CCN(c2cc(NCc3c(Cl)cccc3Cl)nc(N)n2)CC1.O=C(O)/C=C/C(=O)O.O=C(O)/C=C/C(=O)O. The topological polar surface area (TPSA) is 220 Å². The monoisotopic (exact) mass is 598 g/mol. The van der Waals surface area contributed by atoms with E-state index in [1.54, 1.807) is 0 Å². The summed E-state index contributed by atoms with van der Waals surface area (Å²) in [5, 5.41) is 35.7. The molecule has 216 valence electrons. The highest BCUT2D eigenvalue weighted by molar-refractivity contribution is 6.36. The fourth-order valence-electron chi connectivity index (χ4n) is 2.91. The molecule has 0 spiro atoms. The summed E-state index contributed by atoms with van der Waals surface area (Å²) in [5.41, 5.74) is 6.70. The maximum Gasteiger partial charge on any atom is 0.328 e. The molecule has 1 aromatic heterocycles. The molecule has 1 aliphatic rings. The second-order valence-electron chi connectivity index (χ2n) is 7.83. The number of aliphatic carboxylic acids is 4. The van der Waals surface area contributed by atoms with E-state index < -0.39 is 23.9 Å². The van der Waals surface area contributed by atoms with E-state index in [-0.39, 0.29) is 5.95 Å². The number of nitrogens with one attached hydrogen (secondary N) is 1. The number of aromatic nitrogens is 2. The molecule has 1 fully saturated rings. The molecule has 0 aliphatic carbocycles. The van der Waals surface area contributed by atoms with Crippen molar-refractivity contribution >= 4 is 64.7 Å². The number of carbonyl (C=O) groups is 4. The number of rotatable bonds is 8. The number of hydrogen-bond acceptors (Lipinski definition) is 10. The van der Waals surface area contributed by atoms with Crippen molar-refractivity contribution in [2.24, 2.45) is 0 Å². The fourth-order valence-corrected chi connectivity index (χ4v) is 3.44. The average Bonchev–Trinajstić information content (AvgIpc) is 2.87. The van der Waals surface area contributed by atoms with Gasteiger partial charge in [-0.05, 0) is 19.2 Å². The van der Waals surface area contributed by atoms with Crippen molar-refractivity contribution in [2.45, 2.75) is 6.54 Å². The summed E-state index contributed by atoms with van der Waals surface area (Å²) in [6.07, 6.45) is 2.23. The van der Waals surface area contributed by atoms with E-state index >= 15 is 0 Å². The molecule has 3 rings (SSSR count). The highest BCUT2D eigenvalue weighted by Gasteiger charge is 2.17. The number of halogens is 2. The van der Waals surface area contributed by atoms with Crippen LogP contribution >= 0.6 is 23.2 Å². The molecule has 40 heavy (non-hydrogen) atoms. The van der Waals surface area contributed by atoms with Crippen molar-refractivity contribution in [2.75, 3.05) is 49.2 Å². The van der Waals surface area contributed by atoms with E-state index in [0.29, 0.717) is 46.7 Å². The number of nitrogen functional groups attached to an aromatic ring is 1. The number of nitrogens with two attached hydrogens (primary N) is 1. The van der Waals surface area contributed by atoms with Crippen LogP contribution in [0.15, 0.2) is 48.6 Å². The van der Waals surface area contributed by atoms with Gasteiger partial charge in [0.2, 0.25) is 5.95 Å². The first-order valence-corrected chi connectivity index (χ1v) is 12.1. The lowest BCUT2D eigenvalue weighted by atomic mass is 10.2. The van der Waals surface area contributed by atoms with Gasteiger partial charge in [0.15, 0.2) is 0 Å². The minimum Gasteiger partial charge on any atom is -0.478 e. The van der Waals surface area contributed by atoms with Crippen LogP contribution in [-0.2, 0) is 25.7 Å². The second kappa shape index (κ2) is 17.2. The predicted octanol–water partition coefficient (Wildman–Crippen LogP) is 2.15. The van der Waals surface area contributed by atoms with Crippen molar-refractivity contribution in [3.05, 3.63) is 64.2 Å². The Kier molecular flexibility index (Phi) is 14.5. The van der Waals surface area contributed by atoms with Crippen LogP contribution in [0.5, 0.6) is 0 Å². The van der Waals surface area contributed by atoms with E-state index in [2.05, 4.69) is 32.1 Å². The van der Waals surface area contributed by atoms with E-state index in [1.165, 1.54) is 0 Å². The summed E-state index contributed by atoms with van der Waals surface area (Å²) in [5.74, 6) is -3.28. The molecule has 1 saturated heterocycles. The van der Waals surface area contributed by atoms with Crippen LogP contribution in [-0.4, -0.2) is 92.4 Å².